The molecule has 1 aliphatic rings. The zero-order valence-corrected chi connectivity index (χ0v) is 14.4. The predicted octanol–water partition coefficient (Wildman–Crippen LogP) is 3.75. The smallest absolute Gasteiger partial charge is 0.227 e. The molecule has 0 aliphatic carbocycles. The molecule has 0 bridgehead atoms. The number of nitrogens with one attached hydrogen (secondary N) is 1. The number of rotatable bonds is 7. The third-order valence-electron chi connectivity index (χ3n) is 4.17. The van der Waals surface area contributed by atoms with Gasteiger partial charge in [-0.2, -0.15) is 0 Å². The van der Waals surface area contributed by atoms with E-state index in [0.29, 0.717) is 37.3 Å². The molecule has 6 heteroatoms. The number of carbonyl (C=O) groups is 2. The number of anilines is 2. The predicted molar refractivity (Wildman–Crippen MR) is 97.8 cm³/mol. The summed E-state index contributed by atoms with van der Waals surface area (Å²) in [6.45, 7) is 1.13. The number of ether oxygens (including phenoxy) is 1. The maximum atomic E-state index is 12.8. The van der Waals surface area contributed by atoms with Crippen LogP contribution in [-0.2, 0) is 9.59 Å². The van der Waals surface area contributed by atoms with Crippen LogP contribution in [0.25, 0.3) is 0 Å². The van der Waals surface area contributed by atoms with Crippen LogP contribution in [-0.4, -0.2) is 25.0 Å². The Hall–Kier alpha value is -2.89. The number of amides is 2. The molecule has 26 heavy (non-hydrogen) atoms. The van der Waals surface area contributed by atoms with Gasteiger partial charge in [-0.25, -0.2) is 4.39 Å². The minimum atomic E-state index is -0.308. The molecule has 2 amide bonds. The van der Waals surface area contributed by atoms with Crippen LogP contribution in [0, 0.1) is 5.82 Å². The number of carbonyl (C=O) groups excluding carboxylic acids is 2. The van der Waals surface area contributed by atoms with Crippen molar-refractivity contribution in [2.24, 2.45) is 0 Å². The Labute approximate surface area is 151 Å². The topological polar surface area (TPSA) is 58.6 Å². The second-order valence-corrected chi connectivity index (χ2v) is 6.15. The van der Waals surface area contributed by atoms with Crippen LogP contribution in [0.5, 0.6) is 5.75 Å². The Kier molecular flexibility index (Phi) is 5.84. The first-order valence-electron chi connectivity index (χ1n) is 8.70. The van der Waals surface area contributed by atoms with E-state index < -0.39 is 0 Å². The van der Waals surface area contributed by atoms with Gasteiger partial charge in [0.2, 0.25) is 11.8 Å². The summed E-state index contributed by atoms with van der Waals surface area (Å²) in [5.41, 5.74) is 1.56. The van der Waals surface area contributed by atoms with Gasteiger partial charge in [-0.3, -0.25) is 9.59 Å². The second-order valence-electron chi connectivity index (χ2n) is 6.15. The molecule has 1 fully saturated rings. The third-order valence-corrected chi connectivity index (χ3v) is 4.17. The maximum Gasteiger partial charge on any atom is 0.227 e. The highest BCUT2D eigenvalue weighted by molar-refractivity contribution is 5.96. The van der Waals surface area contributed by atoms with Crippen molar-refractivity contribution >= 4 is 23.2 Å². The van der Waals surface area contributed by atoms with Crippen LogP contribution in [0.2, 0.25) is 0 Å². The van der Waals surface area contributed by atoms with Gasteiger partial charge >= 0.3 is 0 Å². The number of hydrogen-bond acceptors (Lipinski definition) is 3. The lowest BCUT2D eigenvalue weighted by molar-refractivity contribution is -0.117. The molecular weight excluding hydrogens is 335 g/mol. The molecule has 5 nitrogen and oxygen atoms in total. The van der Waals surface area contributed by atoms with E-state index in [1.165, 1.54) is 12.1 Å². The van der Waals surface area contributed by atoms with Crippen molar-refractivity contribution in [1.82, 2.24) is 0 Å². The normalized spacial score (nSPS) is 13.7. The molecule has 2 aromatic rings. The molecule has 0 atom stereocenters. The van der Waals surface area contributed by atoms with Crippen molar-refractivity contribution in [3.63, 3.8) is 0 Å². The molecule has 1 aliphatic heterocycles. The molecule has 2 aromatic carbocycles. The molecule has 3 rings (SSSR count). The molecule has 0 spiro atoms. The third kappa shape index (κ3) is 4.81. The Morgan fingerprint density at radius 1 is 1.12 bits per heavy atom. The van der Waals surface area contributed by atoms with Crippen LogP contribution in [0.15, 0.2) is 48.5 Å². The lowest BCUT2D eigenvalue weighted by Crippen LogP contribution is -2.23. The number of nitrogens with zero attached hydrogens (tertiary/aromatic N) is 1. The highest BCUT2D eigenvalue weighted by Crippen LogP contribution is 2.23. The molecule has 0 radical (unpaired) electrons. The van der Waals surface area contributed by atoms with Gasteiger partial charge in [0, 0.05) is 30.8 Å². The largest absolute Gasteiger partial charge is 0.494 e. The number of benzene rings is 2. The Balaban J connectivity index is 1.40. The summed E-state index contributed by atoms with van der Waals surface area (Å²) in [4.78, 5) is 25.5. The van der Waals surface area contributed by atoms with Crippen LogP contribution in [0.3, 0.4) is 0 Å². The highest BCUT2D eigenvalue weighted by Gasteiger charge is 2.21. The second kappa shape index (κ2) is 8.47. The van der Waals surface area contributed by atoms with Crippen LogP contribution in [0.1, 0.15) is 25.7 Å². The maximum absolute atomic E-state index is 12.8. The summed E-state index contributed by atoms with van der Waals surface area (Å²) < 4.78 is 18.3. The van der Waals surface area contributed by atoms with Gasteiger partial charge in [-0.05, 0) is 61.4 Å². The van der Waals surface area contributed by atoms with Crippen molar-refractivity contribution in [1.29, 1.82) is 0 Å². The standard InChI is InChI=1S/C20H21FN2O3/c21-15-5-11-18(12-6-15)26-14-2-3-19(24)22-16-7-9-17(10-8-16)23-13-1-4-20(23)25/h5-12H,1-4,13-14H2,(H,22,24). The molecule has 0 saturated carbocycles. The lowest BCUT2D eigenvalue weighted by atomic mass is 10.2. The first kappa shape index (κ1) is 17.9. The van der Waals surface area contributed by atoms with Gasteiger partial charge in [0.05, 0.1) is 6.61 Å². The summed E-state index contributed by atoms with van der Waals surface area (Å²) in [5, 5.41) is 2.83. The van der Waals surface area contributed by atoms with E-state index in [2.05, 4.69) is 5.32 Å². The van der Waals surface area contributed by atoms with Crippen molar-refractivity contribution in [2.75, 3.05) is 23.4 Å². The first-order valence-corrected chi connectivity index (χ1v) is 8.70. The fraction of sp³-hybridized carbons (Fsp3) is 0.300. The van der Waals surface area contributed by atoms with E-state index in [1.54, 1.807) is 29.2 Å². The minimum Gasteiger partial charge on any atom is -0.494 e. The number of halogens is 1. The summed E-state index contributed by atoms with van der Waals surface area (Å²) in [7, 11) is 0. The summed E-state index contributed by atoms with van der Waals surface area (Å²) >= 11 is 0. The molecule has 0 aromatic heterocycles. The van der Waals surface area contributed by atoms with Gasteiger partial charge in [0.25, 0.3) is 0 Å². The quantitative estimate of drug-likeness (QED) is 0.769. The fourth-order valence-corrected chi connectivity index (χ4v) is 2.82. The average Bonchev–Trinajstić information content (AvgIpc) is 3.07. The first-order chi connectivity index (χ1) is 12.6. The van der Waals surface area contributed by atoms with Crippen molar-refractivity contribution in [3.8, 4) is 5.75 Å². The van der Waals surface area contributed by atoms with Gasteiger partial charge in [0.15, 0.2) is 0 Å². The molecule has 1 saturated heterocycles. The van der Waals surface area contributed by atoms with E-state index in [9.17, 15) is 14.0 Å². The van der Waals surface area contributed by atoms with Crippen LogP contribution >= 0.6 is 0 Å². The summed E-state index contributed by atoms with van der Waals surface area (Å²) in [6, 6.07) is 13.1. The highest BCUT2D eigenvalue weighted by atomic mass is 19.1. The van der Waals surface area contributed by atoms with E-state index in [0.717, 1.165) is 18.7 Å². The van der Waals surface area contributed by atoms with E-state index in [-0.39, 0.29) is 17.6 Å². The monoisotopic (exact) mass is 356 g/mol. The zero-order valence-electron chi connectivity index (χ0n) is 14.4. The van der Waals surface area contributed by atoms with Crippen LogP contribution in [0.4, 0.5) is 15.8 Å². The average molecular weight is 356 g/mol. The number of hydrogen-bond donors (Lipinski definition) is 1. The Morgan fingerprint density at radius 3 is 2.50 bits per heavy atom. The Morgan fingerprint density at radius 2 is 1.85 bits per heavy atom. The van der Waals surface area contributed by atoms with Gasteiger partial charge in [-0.15, -0.1) is 0 Å². The zero-order chi connectivity index (χ0) is 18.4. The lowest BCUT2D eigenvalue weighted by Gasteiger charge is -2.16. The van der Waals surface area contributed by atoms with Gasteiger partial charge in [-0.1, -0.05) is 0 Å². The molecule has 136 valence electrons. The summed E-state index contributed by atoms with van der Waals surface area (Å²) in [6.07, 6.45) is 2.37. The molecule has 1 N–H and O–H groups in total. The minimum absolute atomic E-state index is 0.0993. The van der Waals surface area contributed by atoms with Gasteiger partial charge in [0.1, 0.15) is 11.6 Å². The van der Waals surface area contributed by atoms with E-state index in [1.807, 2.05) is 12.1 Å². The summed E-state index contributed by atoms with van der Waals surface area (Å²) in [5.74, 6) is 0.316. The van der Waals surface area contributed by atoms with Crippen molar-refractivity contribution in [3.05, 3.63) is 54.3 Å². The fourth-order valence-electron chi connectivity index (χ4n) is 2.82. The molecular formula is C20H21FN2O3. The van der Waals surface area contributed by atoms with Crippen molar-refractivity contribution in [2.45, 2.75) is 25.7 Å². The Bertz CT molecular complexity index is 760. The van der Waals surface area contributed by atoms with Gasteiger partial charge < -0.3 is 15.0 Å². The van der Waals surface area contributed by atoms with E-state index >= 15 is 0 Å². The molecule has 0 unspecified atom stereocenters. The van der Waals surface area contributed by atoms with Crippen LogP contribution < -0.4 is 15.0 Å². The SMILES string of the molecule is O=C(CCCOc1ccc(F)cc1)Nc1ccc(N2CCCC2=O)cc1. The van der Waals surface area contributed by atoms with E-state index in [4.69, 9.17) is 4.74 Å². The van der Waals surface area contributed by atoms with Crippen molar-refractivity contribution < 1.29 is 18.7 Å². The molecule has 1 heterocycles.